The number of ether oxygens (including phenoxy) is 2. The molecule has 0 fully saturated rings. The second kappa shape index (κ2) is 10.4. The molecule has 6 heteroatoms. The van der Waals surface area contributed by atoms with Crippen molar-refractivity contribution in [2.45, 2.75) is 31.4 Å². The van der Waals surface area contributed by atoms with Gasteiger partial charge >= 0.3 is 5.97 Å². The number of hydrogen-bond acceptors (Lipinski definition) is 4. The lowest BCUT2D eigenvalue weighted by Crippen LogP contribution is -2.37. The number of carbonyl (C=O) groups is 1. The molecule has 0 radical (unpaired) electrons. The summed E-state index contributed by atoms with van der Waals surface area (Å²) in [5.74, 6) is -1.03. The van der Waals surface area contributed by atoms with Gasteiger partial charge in [0.05, 0.1) is 0 Å². The summed E-state index contributed by atoms with van der Waals surface area (Å²) in [6.45, 7) is 2.20. The van der Waals surface area contributed by atoms with Crippen molar-refractivity contribution < 1.29 is 23.8 Å². The van der Waals surface area contributed by atoms with Gasteiger partial charge in [0, 0.05) is 24.1 Å². The molecule has 1 aliphatic rings. The van der Waals surface area contributed by atoms with Crippen LogP contribution in [0.4, 0.5) is 4.39 Å². The molecule has 0 unspecified atom stereocenters. The van der Waals surface area contributed by atoms with Crippen LogP contribution in [-0.2, 0) is 4.79 Å². The Morgan fingerprint density at radius 2 is 1.86 bits per heavy atom. The van der Waals surface area contributed by atoms with Crippen molar-refractivity contribution in [3.05, 3.63) is 107 Å². The minimum absolute atomic E-state index is 0.0395. The molecule has 4 aromatic rings. The van der Waals surface area contributed by atoms with E-state index in [2.05, 4.69) is 48.6 Å². The first-order valence-corrected chi connectivity index (χ1v) is 12.1. The molecule has 5 nitrogen and oxygen atoms in total. The van der Waals surface area contributed by atoms with Crippen molar-refractivity contribution >= 4 is 16.7 Å². The van der Waals surface area contributed by atoms with Crippen molar-refractivity contribution in [2.75, 3.05) is 13.2 Å². The minimum atomic E-state index is -1.15. The summed E-state index contributed by atoms with van der Waals surface area (Å²) in [6.07, 6.45) is 0.590. The van der Waals surface area contributed by atoms with Crippen LogP contribution in [0.3, 0.4) is 0 Å². The Kier molecular flexibility index (Phi) is 6.87. The van der Waals surface area contributed by atoms with E-state index in [-0.39, 0.29) is 23.8 Å². The molecule has 0 aliphatic carbocycles. The maximum absolute atomic E-state index is 14.3. The van der Waals surface area contributed by atoms with Gasteiger partial charge in [-0.1, -0.05) is 66.7 Å². The van der Waals surface area contributed by atoms with E-state index in [1.807, 2.05) is 30.3 Å². The number of benzene rings is 4. The number of fused-ring (bicyclic) bond motifs is 2. The molecule has 0 aromatic heterocycles. The third-order valence-corrected chi connectivity index (χ3v) is 6.74. The fourth-order valence-electron chi connectivity index (χ4n) is 4.97. The SMILES string of the molecule is C[C@@H](NC[C@H]1C[C@@H](c2ccc(F)c(OCC(=O)O)c2)c2ccccc2O1)c1cccc2ccccc12. The topological polar surface area (TPSA) is 67.8 Å². The highest BCUT2D eigenvalue weighted by Gasteiger charge is 2.30. The number of aliphatic carboxylic acids is 1. The second-order valence-corrected chi connectivity index (χ2v) is 9.14. The third kappa shape index (κ3) is 5.04. The minimum Gasteiger partial charge on any atom is -0.489 e. The van der Waals surface area contributed by atoms with Crippen LogP contribution >= 0.6 is 0 Å². The number of halogens is 1. The van der Waals surface area contributed by atoms with Gasteiger partial charge in [-0.2, -0.15) is 0 Å². The highest BCUT2D eigenvalue weighted by Crippen LogP contribution is 2.41. The van der Waals surface area contributed by atoms with Crippen LogP contribution in [0.25, 0.3) is 10.8 Å². The van der Waals surface area contributed by atoms with Crippen LogP contribution in [0.1, 0.15) is 42.0 Å². The summed E-state index contributed by atoms with van der Waals surface area (Å²) < 4.78 is 25.8. The fraction of sp³-hybridized carbons (Fsp3) is 0.233. The van der Waals surface area contributed by atoms with Gasteiger partial charge in [0.1, 0.15) is 11.9 Å². The highest BCUT2D eigenvalue weighted by molar-refractivity contribution is 5.86. The Bertz CT molecular complexity index is 1380. The quantitative estimate of drug-likeness (QED) is 0.317. The fourth-order valence-corrected chi connectivity index (χ4v) is 4.97. The second-order valence-electron chi connectivity index (χ2n) is 9.14. The molecule has 36 heavy (non-hydrogen) atoms. The van der Waals surface area contributed by atoms with Gasteiger partial charge in [-0.05, 0) is 53.4 Å². The maximum atomic E-state index is 14.3. The predicted molar refractivity (Wildman–Crippen MR) is 137 cm³/mol. The molecule has 0 spiro atoms. The summed E-state index contributed by atoms with van der Waals surface area (Å²) in [5.41, 5.74) is 3.12. The van der Waals surface area contributed by atoms with E-state index < -0.39 is 18.4 Å². The van der Waals surface area contributed by atoms with Crippen LogP contribution in [-0.4, -0.2) is 30.3 Å². The monoisotopic (exact) mass is 485 g/mol. The first-order valence-electron chi connectivity index (χ1n) is 12.1. The molecule has 3 atom stereocenters. The van der Waals surface area contributed by atoms with Crippen LogP contribution in [0.5, 0.6) is 11.5 Å². The van der Waals surface area contributed by atoms with E-state index in [4.69, 9.17) is 14.6 Å². The molecule has 0 saturated heterocycles. The first kappa shape index (κ1) is 23.8. The van der Waals surface area contributed by atoms with Gasteiger partial charge < -0.3 is 19.9 Å². The molecule has 2 N–H and O–H groups in total. The molecule has 5 rings (SSSR count). The molecule has 184 valence electrons. The first-order chi connectivity index (χ1) is 17.5. The van der Waals surface area contributed by atoms with Crippen molar-refractivity contribution in [1.29, 1.82) is 0 Å². The molecular formula is C30H28FNO4. The largest absolute Gasteiger partial charge is 0.489 e. The van der Waals surface area contributed by atoms with E-state index >= 15 is 0 Å². The van der Waals surface area contributed by atoms with Crippen molar-refractivity contribution in [3.8, 4) is 11.5 Å². The maximum Gasteiger partial charge on any atom is 0.341 e. The average Bonchev–Trinajstić information content (AvgIpc) is 2.90. The standard InChI is InChI=1S/C30H28FNO4/c1-19(23-11-6-8-20-7-2-3-9-24(20)23)32-17-22-16-26(25-10-4-5-12-28(25)36-22)21-13-14-27(31)29(15-21)35-18-30(33)34/h2-15,19,22,26,32H,16-18H2,1H3,(H,33,34)/t19-,22-,26+/m1/s1. The lowest BCUT2D eigenvalue weighted by molar-refractivity contribution is -0.139. The van der Waals surface area contributed by atoms with Gasteiger partial charge in [-0.25, -0.2) is 9.18 Å². The number of carboxylic acid groups (broad SMARTS) is 1. The number of carboxylic acids is 1. The number of hydrogen-bond donors (Lipinski definition) is 2. The lowest BCUT2D eigenvalue weighted by Gasteiger charge is -2.33. The van der Waals surface area contributed by atoms with E-state index in [0.29, 0.717) is 13.0 Å². The molecule has 0 amide bonds. The zero-order chi connectivity index (χ0) is 25.1. The lowest BCUT2D eigenvalue weighted by atomic mass is 9.84. The van der Waals surface area contributed by atoms with Crippen LogP contribution < -0.4 is 14.8 Å². The van der Waals surface area contributed by atoms with Crippen molar-refractivity contribution in [3.63, 3.8) is 0 Å². The Labute approximate surface area is 209 Å². The summed E-state index contributed by atoms with van der Waals surface area (Å²) in [5, 5.41) is 15.0. The normalized spacial score (nSPS) is 17.7. The molecule has 1 heterocycles. The van der Waals surface area contributed by atoms with E-state index in [1.165, 1.54) is 22.4 Å². The van der Waals surface area contributed by atoms with Gasteiger partial charge in [0.2, 0.25) is 0 Å². The number of rotatable bonds is 8. The van der Waals surface area contributed by atoms with Gasteiger partial charge in [0.25, 0.3) is 0 Å². The van der Waals surface area contributed by atoms with Crippen LogP contribution in [0.15, 0.2) is 84.9 Å². The highest BCUT2D eigenvalue weighted by atomic mass is 19.1. The smallest absolute Gasteiger partial charge is 0.341 e. The molecule has 0 bridgehead atoms. The Morgan fingerprint density at radius 3 is 2.72 bits per heavy atom. The third-order valence-electron chi connectivity index (χ3n) is 6.74. The number of nitrogens with one attached hydrogen (secondary N) is 1. The Morgan fingerprint density at radius 1 is 1.08 bits per heavy atom. The van der Waals surface area contributed by atoms with Crippen molar-refractivity contribution in [1.82, 2.24) is 5.32 Å². The summed E-state index contributed by atoms with van der Waals surface area (Å²) in [4.78, 5) is 10.9. The summed E-state index contributed by atoms with van der Waals surface area (Å²) >= 11 is 0. The average molecular weight is 486 g/mol. The summed E-state index contributed by atoms with van der Waals surface area (Å²) in [7, 11) is 0. The van der Waals surface area contributed by atoms with Crippen LogP contribution in [0, 0.1) is 5.82 Å². The molecular weight excluding hydrogens is 457 g/mol. The Hall–Kier alpha value is -3.90. The van der Waals surface area contributed by atoms with E-state index in [1.54, 1.807) is 12.1 Å². The van der Waals surface area contributed by atoms with Gasteiger partial charge in [-0.15, -0.1) is 0 Å². The number of para-hydroxylation sites is 1. The zero-order valence-electron chi connectivity index (χ0n) is 20.0. The van der Waals surface area contributed by atoms with E-state index in [0.717, 1.165) is 16.9 Å². The Balaban J connectivity index is 1.36. The van der Waals surface area contributed by atoms with Gasteiger partial charge in [0.15, 0.2) is 18.2 Å². The molecule has 0 saturated carbocycles. The summed E-state index contributed by atoms with van der Waals surface area (Å²) in [6, 6.07) is 27.4. The van der Waals surface area contributed by atoms with Crippen molar-refractivity contribution in [2.24, 2.45) is 0 Å². The van der Waals surface area contributed by atoms with Gasteiger partial charge in [-0.3, -0.25) is 0 Å². The zero-order valence-corrected chi connectivity index (χ0v) is 20.0. The van der Waals surface area contributed by atoms with E-state index in [9.17, 15) is 9.18 Å². The molecule has 4 aromatic carbocycles. The molecule has 1 aliphatic heterocycles. The predicted octanol–water partition coefficient (Wildman–Crippen LogP) is 6.08. The van der Waals surface area contributed by atoms with Crippen LogP contribution in [0.2, 0.25) is 0 Å².